The minimum atomic E-state index is 0.346. The van der Waals surface area contributed by atoms with Crippen molar-refractivity contribution in [1.29, 1.82) is 0 Å². The van der Waals surface area contributed by atoms with Gasteiger partial charge in [-0.25, -0.2) is 4.98 Å². The fourth-order valence-corrected chi connectivity index (χ4v) is 2.74. The molecule has 2 aliphatic rings. The summed E-state index contributed by atoms with van der Waals surface area (Å²) < 4.78 is 2.12. The molecule has 3 rings (SSSR count). The molecule has 2 saturated carbocycles. The van der Waals surface area contributed by atoms with E-state index in [9.17, 15) is 0 Å². The van der Waals surface area contributed by atoms with Gasteiger partial charge in [-0.1, -0.05) is 0 Å². The standard InChI is InChI=1S/C14H24N4/c1-17-10-16-7-14(17)13(6-15)18(8-11-2-3-11)9-12-4-5-12/h7,10-13H,2-6,8-9,15H2,1H3. The minimum Gasteiger partial charge on any atom is -0.336 e. The quantitative estimate of drug-likeness (QED) is 0.796. The van der Waals surface area contributed by atoms with Crippen molar-refractivity contribution >= 4 is 0 Å². The van der Waals surface area contributed by atoms with E-state index in [1.165, 1.54) is 44.5 Å². The van der Waals surface area contributed by atoms with Crippen LogP contribution in [0.2, 0.25) is 0 Å². The summed E-state index contributed by atoms with van der Waals surface area (Å²) in [4.78, 5) is 6.86. The molecule has 18 heavy (non-hydrogen) atoms. The van der Waals surface area contributed by atoms with E-state index in [0.717, 1.165) is 11.8 Å². The van der Waals surface area contributed by atoms with Gasteiger partial charge in [0.05, 0.1) is 18.1 Å². The van der Waals surface area contributed by atoms with Crippen LogP contribution in [0.4, 0.5) is 0 Å². The Balaban J connectivity index is 1.73. The summed E-state index contributed by atoms with van der Waals surface area (Å²) in [5.41, 5.74) is 7.31. The fourth-order valence-electron chi connectivity index (χ4n) is 2.74. The average molecular weight is 248 g/mol. The zero-order valence-corrected chi connectivity index (χ0v) is 11.3. The molecule has 2 aliphatic carbocycles. The maximum absolute atomic E-state index is 6.04. The number of imidazole rings is 1. The van der Waals surface area contributed by atoms with Crippen molar-refractivity contribution in [3.05, 3.63) is 18.2 Å². The Hall–Kier alpha value is -0.870. The zero-order chi connectivity index (χ0) is 12.5. The predicted molar refractivity (Wildman–Crippen MR) is 72.0 cm³/mol. The van der Waals surface area contributed by atoms with Gasteiger partial charge in [0.15, 0.2) is 0 Å². The van der Waals surface area contributed by atoms with E-state index < -0.39 is 0 Å². The number of hydrogen-bond donors (Lipinski definition) is 1. The number of nitrogens with zero attached hydrogens (tertiary/aromatic N) is 3. The van der Waals surface area contributed by atoms with Gasteiger partial charge < -0.3 is 10.3 Å². The normalized spacial score (nSPS) is 21.5. The van der Waals surface area contributed by atoms with Crippen LogP contribution in [-0.2, 0) is 7.05 Å². The van der Waals surface area contributed by atoms with Crippen LogP contribution in [0.5, 0.6) is 0 Å². The molecule has 0 amide bonds. The Morgan fingerprint density at radius 2 is 1.94 bits per heavy atom. The van der Waals surface area contributed by atoms with Crippen molar-refractivity contribution in [2.45, 2.75) is 31.7 Å². The van der Waals surface area contributed by atoms with Crippen molar-refractivity contribution in [2.75, 3.05) is 19.6 Å². The Labute approximate surface area is 109 Å². The van der Waals surface area contributed by atoms with Gasteiger partial charge in [0.2, 0.25) is 0 Å². The molecule has 1 aromatic rings. The molecular weight excluding hydrogens is 224 g/mol. The summed E-state index contributed by atoms with van der Waals surface area (Å²) >= 11 is 0. The van der Waals surface area contributed by atoms with Gasteiger partial charge in [-0.15, -0.1) is 0 Å². The summed E-state index contributed by atoms with van der Waals surface area (Å²) in [5, 5.41) is 0. The van der Waals surface area contributed by atoms with E-state index in [1.54, 1.807) is 0 Å². The molecule has 0 radical (unpaired) electrons. The minimum absolute atomic E-state index is 0.346. The third-order valence-electron chi connectivity index (χ3n) is 4.24. The highest BCUT2D eigenvalue weighted by Gasteiger charge is 2.33. The van der Waals surface area contributed by atoms with Crippen molar-refractivity contribution in [1.82, 2.24) is 14.5 Å². The number of hydrogen-bond acceptors (Lipinski definition) is 3. The third kappa shape index (κ3) is 2.75. The van der Waals surface area contributed by atoms with Crippen molar-refractivity contribution in [3.63, 3.8) is 0 Å². The van der Waals surface area contributed by atoms with Crippen LogP contribution in [0.25, 0.3) is 0 Å². The molecule has 100 valence electrons. The van der Waals surface area contributed by atoms with E-state index in [4.69, 9.17) is 5.73 Å². The molecule has 1 unspecified atom stereocenters. The Bertz CT molecular complexity index is 378. The van der Waals surface area contributed by atoms with Crippen molar-refractivity contribution in [2.24, 2.45) is 24.6 Å². The monoisotopic (exact) mass is 248 g/mol. The van der Waals surface area contributed by atoms with Crippen LogP contribution in [0, 0.1) is 11.8 Å². The summed E-state index contributed by atoms with van der Waals surface area (Å²) in [5.74, 6) is 1.84. The lowest BCUT2D eigenvalue weighted by Gasteiger charge is -2.31. The highest BCUT2D eigenvalue weighted by molar-refractivity contribution is 5.07. The lowest BCUT2D eigenvalue weighted by atomic mass is 10.1. The molecule has 0 aliphatic heterocycles. The second kappa shape index (κ2) is 5.02. The Morgan fingerprint density at radius 3 is 2.33 bits per heavy atom. The van der Waals surface area contributed by atoms with Crippen LogP contribution in [0.1, 0.15) is 37.4 Å². The molecule has 1 atom stereocenters. The SMILES string of the molecule is Cn1cncc1C(CN)N(CC1CC1)CC1CC1. The Morgan fingerprint density at radius 1 is 1.33 bits per heavy atom. The average Bonchev–Trinajstić information content (AvgIpc) is 3.25. The van der Waals surface area contributed by atoms with Crippen LogP contribution < -0.4 is 5.73 Å². The Kier molecular flexibility index (Phi) is 3.39. The molecule has 1 heterocycles. The van der Waals surface area contributed by atoms with Gasteiger partial charge in [0.25, 0.3) is 0 Å². The molecule has 2 fully saturated rings. The number of nitrogens with two attached hydrogens (primary N) is 1. The third-order valence-corrected chi connectivity index (χ3v) is 4.24. The second-order valence-electron chi connectivity index (χ2n) is 6.02. The smallest absolute Gasteiger partial charge is 0.0946 e. The first-order valence-electron chi connectivity index (χ1n) is 7.18. The molecule has 0 bridgehead atoms. The molecule has 0 saturated heterocycles. The largest absolute Gasteiger partial charge is 0.336 e. The lowest BCUT2D eigenvalue weighted by molar-refractivity contribution is 0.179. The summed E-state index contributed by atoms with van der Waals surface area (Å²) in [6.07, 6.45) is 9.48. The van der Waals surface area contributed by atoms with E-state index in [1.807, 2.05) is 12.5 Å². The maximum atomic E-state index is 6.04. The van der Waals surface area contributed by atoms with Crippen LogP contribution >= 0.6 is 0 Å². The van der Waals surface area contributed by atoms with E-state index in [-0.39, 0.29) is 0 Å². The van der Waals surface area contributed by atoms with Crippen LogP contribution in [0.15, 0.2) is 12.5 Å². The molecule has 2 N–H and O–H groups in total. The van der Waals surface area contributed by atoms with Gasteiger partial charge in [0.1, 0.15) is 0 Å². The molecule has 1 aromatic heterocycles. The van der Waals surface area contributed by atoms with E-state index >= 15 is 0 Å². The van der Waals surface area contributed by atoms with Gasteiger partial charge >= 0.3 is 0 Å². The van der Waals surface area contributed by atoms with Crippen molar-refractivity contribution in [3.8, 4) is 0 Å². The van der Waals surface area contributed by atoms with Crippen LogP contribution in [-0.4, -0.2) is 34.1 Å². The maximum Gasteiger partial charge on any atom is 0.0946 e. The predicted octanol–water partition coefficient (Wildman–Crippen LogP) is 1.54. The molecule has 0 aromatic carbocycles. The highest BCUT2D eigenvalue weighted by atomic mass is 15.2. The summed E-state index contributed by atoms with van der Waals surface area (Å²) in [6, 6.07) is 0.346. The summed E-state index contributed by atoms with van der Waals surface area (Å²) in [7, 11) is 2.07. The van der Waals surface area contributed by atoms with Gasteiger partial charge in [-0.3, -0.25) is 4.90 Å². The topological polar surface area (TPSA) is 47.1 Å². The number of aromatic nitrogens is 2. The van der Waals surface area contributed by atoms with Crippen molar-refractivity contribution < 1.29 is 0 Å². The van der Waals surface area contributed by atoms with E-state index in [0.29, 0.717) is 12.6 Å². The fraction of sp³-hybridized carbons (Fsp3) is 0.786. The molecule has 0 spiro atoms. The van der Waals surface area contributed by atoms with Gasteiger partial charge in [-0.2, -0.15) is 0 Å². The highest BCUT2D eigenvalue weighted by Crippen LogP contribution is 2.36. The van der Waals surface area contributed by atoms with Gasteiger partial charge in [-0.05, 0) is 37.5 Å². The van der Waals surface area contributed by atoms with Gasteiger partial charge in [0, 0.05) is 32.9 Å². The molecule has 4 nitrogen and oxygen atoms in total. The molecular formula is C14H24N4. The first-order chi connectivity index (χ1) is 8.78. The number of rotatable bonds is 7. The number of aryl methyl sites for hydroxylation is 1. The zero-order valence-electron chi connectivity index (χ0n) is 11.3. The van der Waals surface area contributed by atoms with Crippen LogP contribution in [0.3, 0.4) is 0 Å². The van der Waals surface area contributed by atoms with E-state index in [2.05, 4.69) is 21.5 Å². The lowest BCUT2D eigenvalue weighted by Crippen LogP contribution is -2.37. The summed E-state index contributed by atoms with van der Waals surface area (Å²) in [6.45, 7) is 3.14. The first kappa shape index (κ1) is 12.2. The molecule has 4 heteroatoms. The first-order valence-corrected chi connectivity index (χ1v) is 7.18. The second-order valence-corrected chi connectivity index (χ2v) is 6.02.